The van der Waals surface area contributed by atoms with Crippen molar-refractivity contribution < 1.29 is 18.4 Å². The van der Waals surface area contributed by atoms with Crippen LogP contribution in [0.3, 0.4) is 0 Å². The molecule has 2 atom stereocenters. The molecule has 0 spiro atoms. The smallest absolute Gasteiger partial charge is 0.295 e. The maximum Gasteiger partial charge on any atom is 0.295 e. The second-order valence-corrected chi connectivity index (χ2v) is 6.53. The number of benzene rings is 1. The molecule has 3 heterocycles. The number of nitrogens with one attached hydrogen (secondary N) is 1. The SMILES string of the molecule is CCONC(=O)c1cnc2ccc(N3C[C@@H](F)C[C@@H]3c3cccc(F)c3)nn12. The number of aromatic nitrogens is 3. The van der Waals surface area contributed by atoms with Crippen molar-refractivity contribution in [3.63, 3.8) is 0 Å². The summed E-state index contributed by atoms with van der Waals surface area (Å²) in [6.45, 7) is 2.20. The highest BCUT2D eigenvalue weighted by atomic mass is 19.1. The van der Waals surface area contributed by atoms with Crippen molar-refractivity contribution in [1.82, 2.24) is 20.1 Å². The average Bonchev–Trinajstić information content (AvgIpc) is 3.29. The summed E-state index contributed by atoms with van der Waals surface area (Å²) in [7, 11) is 0. The summed E-state index contributed by atoms with van der Waals surface area (Å²) in [5.41, 5.74) is 3.66. The Morgan fingerprint density at radius 3 is 3.00 bits per heavy atom. The maximum absolute atomic E-state index is 14.2. The van der Waals surface area contributed by atoms with Crippen LogP contribution in [0, 0.1) is 5.82 Å². The minimum atomic E-state index is -1.06. The van der Waals surface area contributed by atoms with Crippen molar-refractivity contribution in [3.05, 3.63) is 59.7 Å². The molecule has 4 rings (SSSR count). The van der Waals surface area contributed by atoms with Crippen LogP contribution in [-0.4, -0.2) is 39.8 Å². The number of halogens is 2. The Labute approximate surface area is 159 Å². The molecule has 1 N–H and O–H groups in total. The highest BCUT2D eigenvalue weighted by molar-refractivity contribution is 5.92. The summed E-state index contributed by atoms with van der Waals surface area (Å²) >= 11 is 0. The number of alkyl halides is 1. The summed E-state index contributed by atoms with van der Waals surface area (Å²) < 4.78 is 29.3. The number of nitrogens with zero attached hydrogens (tertiary/aromatic N) is 4. The number of fused-ring (bicyclic) bond motifs is 1. The van der Waals surface area contributed by atoms with E-state index in [0.29, 0.717) is 23.6 Å². The minimum absolute atomic E-state index is 0.134. The molecule has 0 bridgehead atoms. The molecule has 1 aliphatic heterocycles. The second kappa shape index (κ2) is 7.51. The van der Waals surface area contributed by atoms with Gasteiger partial charge in [-0.15, -0.1) is 5.10 Å². The van der Waals surface area contributed by atoms with Crippen LogP contribution in [0.5, 0.6) is 0 Å². The van der Waals surface area contributed by atoms with Crippen molar-refractivity contribution in [2.45, 2.75) is 25.6 Å². The topological polar surface area (TPSA) is 71.8 Å². The van der Waals surface area contributed by atoms with Gasteiger partial charge in [0, 0.05) is 6.42 Å². The summed E-state index contributed by atoms with van der Waals surface area (Å²) in [4.78, 5) is 23.1. The van der Waals surface area contributed by atoms with Gasteiger partial charge in [-0.3, -0.25) is 9.63 Å². The van der Waals surface area contributed by atoms with E-state index in [-0.39, 0.29) is 30.5 Å². The van der Waals surface area contributed by atoms with Gasteiger partial charge >= 0.3 is 0 Å². The number of imidazole rings is 1. The molecule has 1 saturated heterocycles. The van der Waals surface area contributed by atoms with E-state index in [2.05, 4.69) is 15.6 Å². The predicted molar refractivity (Wildman–Crippen MR) is 98.1 cm³/mol. The predicted octanol–water partition coefficient (Wildman–Crippen LogP) is 2.84. The number of hydrogen-bond acceptors (Lipinski definition) is 5. The Morgan fingerprint density at radius 1 is 1.36 bits per heavy atom. The zero-order chi connectivity index (χ0) is 19.7. The van der Waals surface area contributed by atoms with Gasteiger partial charge in [-0.25, -0.2) is 23.8 Å². The normalized spacial score (nSPS) is 19.3. The Morgan fingerprint density at radius 2 is 2.21 bits per heavy atom. The van der Waals surface area contributed by atoms with Gasteiger partial charge in [0.25, 0.3) is 5.91 Å². The zero-order valence-corrected chi connectivity index (χ0v) is 15.2. The van der Waals surface area contributed by atoms with E-state index < -0.39 is 12.1 Å². The molecule has 1 fully saturated rings. The molecule has 0 aliphatic carbocycles. The van der Waals surface area contributed by atoms with E-state index >= 15 is 0 Å². The lowest BCUT2D eigenvalue weighted by Crippen LogP contribution is -2.27. The molecule has 0 unspecified atom stereocenters. The van der Waals surface area contributed by atoms with Crippen molar-refractivity contribution in [2.75, 3.05) is 18.1 Å². The van der Waals surface area contributed by atoms with Crippen molar-refractivity contribution in [1.29, 1.82) is 0 Å². The number of carbonyl (C=O) groups excluding carboxylic acids is 1. The first-order valence-electron chi connectivity index (χ1n) is 9.00. The molecule has 9 heteroatoms. The van der Waals surface area contributed by atoms with Crippen LogP contribution in [0.25, 0.3) is 5.65 Å². The van der Waals surface area contributed by atoms with E-state index in [1.54, 1.807) is 36.1 Å². The highest BCUT2D eigenvalue weighted by Gasteiger charge is 2.34. The standard InChI is InChI=1S/C19H19F2N5O2/c1-2-28-24-19(27)16-10-22-17-6-7-18(23-26(16)17)25-11-14(21)9-15(25)12-4-3-5-13(20)8-12/h3-8,10,14-15H,2,9,11H2,1H3,(H,24,27)/t14-,15+/m0/s1. The van der Waals surface area contributed by atoms with Gasteiger partial charge in [0.1, 0.15) is 17.8 Å². The molecular formula is C19H19F2N5O2. The number of hydrogen-bond donors (Lipinski definition) is 1. The van der Waals surface area contributed by atoms with E-state index in [4.69, 9.17) is 4.84 Å². The van der Waals surface area contributed by atoms with Crippen LogP contribution in [0.1, 0.15) is 35.4 Å². The number of amides is 1. The summed E-state index contributed by atoms with van der Waals surface area (Å²) in [5.74, 6) is -0.372. The van der Waals surface area contributed by atoms with Crippen LogP contribution in [0.4, 0.5) is 14.6 Å². The first-order valence-corrected chi connectivity index (χ1v) is 9.00. The third-order valence-corrected chi connectivity index (χ3v) is 4.67. The third kappa shape index (κ3) is 3.40. The second-order valence-electron chi connectivity index (χ2n) is 6.53. The fourth-order valence-electron chi connectivity index (χ4n) is 3.43. The number of carbonyl (C=O) groups is 1. The van der Waals surface area contributed by atoms with Crippen molar-refractivity contribution in [3.8, 4) is 0 Å². The molecule has 7 nitrogen and oxygen atoms in total. The summed E-state index contributed by atoms with van der Waals surface area (Å²) in [6, 6.07) is 9.22. The number of anilines is 1. The molecule has 3 aromatic rings. The van der Waals surface area contributed by atoms with Gasteiger partial charge < -0.3 is 4.90 Å². The molecule has 0 saturated carbocycles. The lowest BCUT2D eigenvalue weighted by atomic mass is 10.0. The maximum atomic E-state index is 14.2. The van der Waals surface area contributed by atoms with Crippen LogP contribution in [0.2, 0.25) is 0 Å². The van der Waals surface area contributed by atoms with Crippen molar-refractivity contribution in [2.24, 2.45) is 0 Å². The van der Waals surface area contributed by atoms with Gasteiger partial charge in [-0.1, -0.05) is 12.1 Å². The molecule has 2 aromatic heterocycles. The molecule has 146 valence electrons. The molecule has 0 radical (unpaired) electrons. The summed E-state index contributed by atoms with van der Waals surface area (Å²) in [5, 5.41) is 4.48. The van der Waals surface area contributed by atoms with Crippen LogP contribution in [0.15, 0.2) is 42.6 Å². The molecule has 1 aliphatic rings. The molecule has 28 heavy (non-hydrogen) atoms. The Kier molecular flexibility index (Phi) is 4.91. The first-order chi connectivity index (χ1) is 13.6. The Bertz CT molecular complexity index is 1010. The lowest BCUT2D eigenvalue weighted by Gasteiger charge is -2.25. The number of rotatable bonds is 5. The Hall–Kier alpha value is -3.07. The van der Waals surface area contributed by atoms with Crippen molar-refractivity contribution >= 4 is 17.4 Å². The van der Waals surface area contributed by atoms with E-state index in [9.17, 15) is 13.6 Å². The van der Waals surface area contributed by atoms with Crippen LogP contribution >= 0.6 is 0 Å². The monoisotopic (exact) mass is 387 g/mol. The van der Waals surface area contributed by atoms with Gasteiger partial charge in [0.05, 0.1) is 25.4 Å². The average molecular weight is 387 g/mol. The quantitative estimate of drug-likeness (QED) is 0.682. The van der Waals surface area contributed by atoms with Gasteiger partial charge in [-0.05, 0) is 36.8 Å². The fraction of sp³-hybridized carbons (Fsp3) is 0.316. The van der Waals surface area contributed by atoms with E-state index in [0.717, 1.165) is 0 Å². The van der Waals surface area contributed by atoms with Gasteiger partial charge in [-0.2, -0.15) is 0 Å². The fourth-order valence-corrected chi connectivity index (χ4v) is 3.43. The Balaban J connectivity index is 1.70. The molecule has 1 amide bonds. The largest absolute Gasteiger partial charge is 0.345 e. The van der Waals surface area contributed by atoms with Crippen LogP contribution < -0.4 is 10.4 Å². The zero-order valence-electron chi connectivity index (χ0n) is 15.2. The minimum Gasteiger partial charge on any atom is -0.345 e. The van der Waals surface area contributed by atoms with Gasteiger partial charge in [0.15, 0.2) is 11.3 Å². The summed E-state index contributed by atoms with van der Waals surface area (Å²) in [6.07, 6.45) is 0.575. The van der Waals surface area contributed by atoms with E-state index in [1.807, 2.05) is 0 Å². The number of hydroxylamine groups is 1. The van der Waals surface area contributed by atoms with Gasteiger partial charge in [0.2, 0.25) is 0 Å². The highest BCUT2D eigenvalue weighted by Crippen LogP contribution is 2.36. The van der Waals surface area contributed by atoms with Crippen LogP contribution in [-0.2, 0) is 4.84 Å². The molecule has 1 aromatic carbocycles. The third-order valence-electron chi connectivity index (χ3n) is 4.67. The van der Waals surface area contributed by atoms with E-state index in [1.165, 1.54) is 22.8 Å². The molecular weight excluding hydrogens is 368 g/mol. The first kappa shape index (κ1) is 18.3. The lowest BCUT2D eigenvalue weighted by molar-refractivity contribution is 0.0358.